The highest BCUT2D eigenvalue weighted by molar-refractivity contribution is 9.10. The third-order valence-electron chi connectivity index (χ3n) is 3.98. The molecular weight excluding hydrogens is 499 g/mol. The van der Waals surface area contributed by atoms with E-state index >= 15 is 0 Å². The number of halogens is 4. The van der Waals surface area contributed by atoms with E-state index in [-0.39, 0.29) is 5.56 Å². The number of hydrazone groups is 1. The van der Waals surface area contributed by atoms with Gasteiger partial charge < -0.3 is 9.47 Å². The molecule has 12 heteroatoms. The second kappa shape index (κ2) is 10.9. The monoisotopic (exact) mass is 517 g/mol. The molecule has 1 N–H and O–H groups in total. The first-order valence-corrected chi connectivity index (χ1v) is 10.1. The van der Waals surface area contributed by atoms with Gasteiger partial charge in [0.25, 0.3) is 5.69 Å². The molecule has 2 rings (SSSR count). The second-order valence-corrected chi connectivity index (χ2v) is 7.12. The first-order chi connectivity index (χ1) is 15.1. The molecule has 0 radical (unpaired) electrons. The van der Waals surface area contributed by atoms with Crippen molar-refractivity contribution in [3.05, 3.63) is 61.6 Å². The Kier molecular flexibility index (Phi) is 8.58. The average Bonchev–Trinajstić information content (AvgIpc) is 2.70. The molecule has 0 saturated carbocycles. The molecule has 0 aliphatic heterocycles. The summed E-state index contributed by atoms with van der Waals surface area (Å²) >= 11 is 3.38. The van der Waals surface area contributed by atoms with E-state index < -0.39 is 34.7 Å². The Morgan fingerprint density at radius 1 is 1.22 bits per heavy atom. The number of hydrogen-bond donors (Lipinski definition) is 1. The standard InChI is InChI=1S/C20H19BrF3N3O5/c1-3-31-17-8-12(7-15(21)19(17)32-4-2)11-25-26-18(28)9-13-5-6-14(20(22,23)24)10-16(13)27(29)30/h5-8,10-11H,3-4,9H2,1-2H3,(H,26,28). The highest BCUT2D eigenvalue weighted by Gasteiger charge is 2.33. The van der Waals surface area contributed by atoms with Crippen LogP contribution in [0, 0.1) is 10.1 Å². The summed E-state index contributed by atoms with van der Waals surface area (Å²) in [6.45, 7) is 4.47. The zero-order valence-corrected chi connectivity index (χ0v) is 18.6. The van der Waals surface area contributed by atoms with Gasteiger partial charge in [0.1, 0.15) is 0 Å². The summed E-state index contributed by atoms with van der Waals surface area (Å²) in [7, 11) is 0. The summed E-state index contributed by atoms with van der Waals surface area (Å²) < 4.78 is 50.0. The Hall–Kier alpha value is -3.15. The maximum atomic E-state index is 12.8. The SMILES string of the molecule is CCOc1cc(C=NNC(=O)Cc2ccc(C(F)(F)F)cc2[N+](=O)[O-])cc(Br)c1OCC. The van der Waals surface area contributed by atoms with Gasteiger partial charge in [0, 0.05) is 11.6 Å². The van der Waals surface area contributed by atoms with Gasteiger partial charge in [-0.25, -0.2) is 5.43 Å². The van der Waals surface area contributed by atoms with Gasteiger partial charge in [-0.1, -0.05) is 6.07 Å². The van der Waals surface area contributed by atoms with Crippen LogP contribution in [0.15, 0.2) is 39.9 Å². The lowest BCUT2D eigenvalue weighted by molar-refractivity contribution is -0.385. The molecule has 0 aromatic heterocycles. The van der Waals surface area contributed by atoms with Crippen molar-refractivity contribution in [2.45, 2.75) is 26.4 Å². The Balaban J connectivity index is 2.14. The number of rotatable bonds is 9. The van der Waals surface area contributed by atoms with Crippen LogP contribution < -0.4 is 14.9 Å². The lowest BCUT2D eigenvalue weighted by Crippen LogP contribution is -2.20. The maximum absolute atomic E-state index is 12.8. The molecule has 0 bridgehead atoms. The van der Waals surface area contributed by atoms with Gasteiger partial charge in [-0.05, 0) is 53.5 Å². The zero-order chi connectivity index (χ0) is 23.9. The van der Waals surface area contributed by atoms with Crippen LogP contribution in [0.2, 0.25) is 0 Å². The Bertz CT molecular complexity index is 1030. The smallest absolute Gasteiger partial charge is 0.416 e. The fraction of sp³-hybridized carbons (Fsp3) is 0.300. The molecule has 0 atom stereocenters. The molecule has 2 aromatic carbocycles. The Morgan fingerprint density at radius 3 is 2.50 bits per heavy atom. The van der Waals surface area contributed by atoms with Crippen LogP contribution in [0.1, 0.15) is 30.5 Å². The van der Waals surface area contributed by atoms with Crippen molar-refractivity contribution in [2.75, 3.05) is 13.2 Å². The number of nitrogens with zero attached hydrogens (tertiary/aromatic N) is 2. The van der Waals surface area contributed by atoms with Crippen LogP contribution in [0.5, 0.6) is 11.5 Å². The van der Waals surface area contributed by atoms with Gasteiger partial charge in [0.15, 0.2) is 11.5 Å². The quantitative estimate of drug-likeness (QED) is 0.290. The number of carbonyl (C=O) groups is 1. The minimum absolute atomic E-state index is 0.168. The van der Waals surface area contributed by atoms with Crippen molar-refractivity contribution in [3.8, 4) is 11.5 Å². The first kappa shape index (κ1) is 25.1. The average molecular weight is 518 g/mol. The summed E-state index contributed by atoms with van der Waals surface area (Å²) in [6.07, 6.45) is -3.94. The molecule has 1 amide bonds. The number of nitro benzene ring substituents is 1. The number of amides is 1. The van der Waals surface area contributed by atoms with Gasteiger partial charge >= 0.3 is 6.18 Å². The Labute approximate surface area is 189 Å². The summed E-state index contributed by atoms with van der Waals surface area (Å²) in [6, 6.07) is 5.33. The fourth-order valence-electron chi connectivity index (χ4n) is 2.66. The lowest BCUT2D eigenvalue weighted by atomic mass is 10.1. The van der Waals surface area contributed by atoms with Crippen LogP contribution in [0.4, 0.5) is 18.9 Å². The molecular formula is C20H19BrF3N3O5. The van der Waals surface area contributed by atoms with Crippen molar-refractivity contribution in [3.63, 3.8) is 0 Å². The summed E-state index contributed by atoms with van der Waals surface area (Å²) in [5.74, 6) is 0.251. The predicted octanol–water partition coefficient (Wildman–Crippen LogP) is 4.87. The third-order valence-corrected chi connectivity index (χ3v) is 4.57. The number of alkyl halides is 3. The van der Waals surface area contributed by atoms with Crippen LogP contribution >= 0.6 is 15.9 Å². The highest BCUT2D eigenvalue weighted by Crippen LogP contribution is 2.36. The Morgan fingerprint density at radius 2 is 1.91 bits per heavy atom. The van der Waals surface area contributed by atoms with Crippen LogP contribution in [-0.2, 0) is 17.4 Å². The molecule has 0 fully saturated rings. The minimum atomic E-state index is -4.73. The fourth-order valence-corrected chi connectivity index (χ4v) is 3.23. The van der Waals surface area contributed by atoms with E-state index in [1.807, 2.05) is 13.8 Å². The van der Waals surface area contributed by atoms with Crippen molar-refractivity contribution in [2.24, 2.45) is 5.10 Å². The van der Waals surface area contributed by atoms with Gasteiger partial charge in [0.2, 0.25) is 5.91 Å². The second-order valence-electron chi connectivity index (χ2n) is 6.26. The highest BCUT2D eigenvalue weighted by atomic mass is 79.9. The third kappa shape index (κ3) is 6.67. The van der Waals surface area contributed by atoms with E-state index in [4.69, 9.17) is 9.47 Å². The van der Waals surface area contributed by atoms with Gasteiger partial charge in [-0.15, -0.1) is 0 Å². The molecule has 0 spiro atoms. The van der Waals surface area contributed by atoms with Crippen molar-refractivity contribution in [1.29, 1.82) is 0 Å². The van der Waals surface area contributed by atoms with Crippen molar-refractivity contribution < 1.29 is 32.4 Å². The lowest BCUT2D eigenvalue weighted by Gasteiger charge is -2.13. The van der Waals surface area contributed by atoms with Crippen LogP contribution in [0.25, 0.3) is 0 Å². The van der Waals surface area contributed by atoms with E-state index in [9.17, 15) is 28.1 Å². The number of carbonyl (C=O) groups excluding carboxylic acids is 1. The van der Waals surface area contributed by atoms with Gasteiger partial charge in [-0.3, -0.25) is 14.9 Å². The molecule has 2 aromatic rings. The van der Waals surface area contributed by atoms with E-state index in [1.165, 1.54) is 6.21 Å². The number of benzene rings is 2. The molecule has 0 unspecified atom stereocenters. The minimum Gasteiger partial charge on any atom is -0.490 e. The predicted molar refractivity (Wildman–Crippen MR) is 114 cm³/mol. The van der Waals surface area contributed by atoms with E-state index in [0.717, 1.165) is 6.07 Å². The number of hydrogen-bond acceptors (Lipinski definition) is 6. The molecule has 0 aliphatic carbocycles. The van der Waals surface area contributed by atoms with Gasteiger partial charge in [-0.2, -0.15) is 18.3 Å². The van der Waals surface area contributed by atoms with E-state index in [1.54, 1.807) is 12.1 Å². The first-order valence-electron chi connectivity index (χ1n) is 9.32. The molecule has 172 valence electrons. The molecule has 0 heterocycles. The summed E-state index contributed by atoms with van der Waals surface area (Å²) in [5, 5.41) is 14.9. The van der Waals surface area contributed by atoms with Crippen LogP contribution in [0.3, 0.4) is 0 Å². The summed E-state index contributed by atoms with van der Waals surface area (Å²) in [5.41, 5.74) is 0.627. The zero-order valence-electron chi connectivity index (χ0n) is 17.0. The number of nitrogens with one attached hydrogen (secondary N) is 1. The van der Waals surface area contributed by atoms with E-state index in [2.05, 4.69) is 26.5 Å². The van der Waals surface area contributed by atoms with Crippen molar-refractivity contribution in [1.82, 2.24) is 5.43 Å². The molecule has 8 nitrogen and oxygen atoms in total. The normalized spacial score (nSPS) is 11.4. The van der Waals surface area contributed by atoms with E-state index in [0.29, 0.717) is 46.9 Å². The molecule has 0 aliphatic rings. The van der Waals surface area contributed by atoms with Crippen LogP contribution in [-0.4, -0.2) is 30.3 Å². The summed E-state index contributed by atoms with van der Waals surface area (Å²) in [4.78, 5) is 22.3. The molecule has 0 saturated heterocycles. The number of ether oxygens (including phenoxy) is 2. The van der Waals surface area contributed by atoms with Gasteiger partial charge in [0.05, 0.1) is 40.8 Å². The number of nitro groups is 1. The molecule has 32 heavy (non-hydrogen) atoms. The topological polar surface area (TPSA) is 103 Å². The van der Waals surface area contributed by atoms with Crippen molar-refractivity contribution >= 4 is 33.7 Å². The maximum Gasteiger partial charge on any atom is 0.416 e. The largest absolute Gasteiger partial charge is 0.490 e.